The van der Waals surface area contributed by atoms with Crippen molar-refractivity contribution in [3.63, 3.8) is 0 Å². The monoisotopic (exact) mass is 411 g/mol. The Hall–Kier alpha value is -2.00. The van der Waals surface area contributed by atoms with Gasteiger partial charge < -0.3 is 5.32 Å². The molecule has 1 aliphatic rings. The minimum atomic E-state index is -1.26. The average Bonchev–Trinajstić information content (AvgIpc) is 2.78. The molecule has 0 amide bonds. The molecule has 0 radical (unpaired) electrons. The van der Waals surface area contributed by atoms with Gasteiger partial charge in [0.15, 0.2) is 0 Å². The van der Waals surface area contributed by atoms with Crippen molar-refractivity contribution >= 4 is 11.0 Å². The quantitative estimate of drug-likeness (QED) is 0.622. The highest BCUT2D eigenvalue weighted by atomic mass is 32.2. The Morgan fingerprint density at radius 3 is 2.24 bits per heavy atom. The third-order valence-electron chi connectivity index (χ3n) is 4.87. The summed E-state index contributed by atoms with van der Waals surface area (Å²) < 4.78 is 15.3. The SMILES string of the molecule is CCCNCCC.N#Cc1ccc(S(=O)NCc2ccc3c(c2)CCCC3)cc1. The van der Waals surface area contributed by atoms with Crippen LogP contribution in [0.1, 0.15) is 61.8 Å². The number of nitrogens with one attached hydrogen (secondary N) is 2. The van der Waals surface area contributed by atoms with Crippen LogP contribution in [-0.4, -0.2) is 17.3 Å². The molecular weight excluding hydrogens is 378 g/mol. The minimum Gasteiger partial charge on any atom is -0.317 e. The van der Waals surface area contributed by atoms with Crippen LogP contribution in [0.25, 0.3) is 0 Å². The molecule has 1 atom stereocenters. The van der Waals surface area contributed by atoms with E-state index in [-0.39, 0.29) is 0 Å². The van der Waals surface area contributed by atoms with Crippen molar-refractivity contribution in [2.24, 2.45) is 0 Å². The number of rotatable bonds is 8. The van der Waals surface area contributed by atoms with Crippen molar-refractivity contribution in [3.05, 3.63) is 64.7 Å². The molecule has 5 heteroatoms. The van der Waals surface area contributed by atoms with Crippen LogP contribution in [-0.2, 0) is 30.4 Å². The molecule has 0 aromatic heterocycles. The van der Waals surface area contributed by atoms with Gasteiger partial charge in [0.2, 0.25) is 0 Å². The lowest BCUT2D eigenvalue weighted by Gasteiger charge is -2.16. The molecule has 3 rings (SSSR count). The van der Waals surface area contributed by atoms with Crippen molar-refractivity contribution in [3.8, 4) is 6.07 Å². The Bertz CT molecular complexity index is 808. The number of fused-ring (bicyclic) bond motifs is 1. The Morgan fingerprint density at radius 1 is 0.966 bits per heavy atom. The van der Waals surface area contributed by atoms with Crippen molar-refractivity contribution < 1.29 is 4.21 Å². The van der Waals surface area contributed by atoms with Crippen LogP contribution in [0.3, 0.4) is 0 Å². The highest BCUT2D eigenvalue weighted by molar-refractivity contribution is 7.83. The lowest BCUT2D eigenvalue weighted by atomic mass is 9.90. The maximum atomic E-state index is 12.2. The minimum absolute atomic E-state index is 0.579. The van der Waals surface area contributed by atoms with Gasteiger partial charge in [0, 0.05) is 6.54 Å². The standard InChI is InChI=1S/C18H18N2OS.C6H15N/c19-12-14-6-9-18(10-7-14)22(21)20-13-15-5-8-16-3-1-2-4-17(16)11-15;1-3-5-7-6-4-2/h5-11,20H,1-4,13H2;7H,3-6H2,1-2H3. The van der Waals surface area contributed by atoms with Crippen LogP contribution in [0.15, 0.2) is 47.4 Å². The third-order valence-corrected chi connectivity index (χ3v) is 5.98. The molecule has 1 unspecified atom stereocenters. The van der Waals surface area contributed by atoms with Gasteiger partial charge in [-0.25, -0.2) is 8.93 Å². The molecule has 0 fully saturated rings. The fraction of sp³-hybridized carbons (Fsp3) is 0.458. The van der Waals surface area contributed by atoms with E-state index in [9.17, 15) is 4.21 Å². The van der Waals surface area contributed by atoms with Crippen LogP contribution in [0.2, 0.25) is 0 Å². The zero-order valence-corrected chi connectivity index (χ0v) is 18.5. The van der Waals surface area contributed by atoms with Crippen molar-refractivity contribution in [2.45, 2.75) is 63.8 Å². The topological polar surface area (TPSA) is 64.9 Å². The molecular formula is C24H33N3OS. The van der Waals surface area contributed by atoms with Crippen molar-refractivity contribution in [1.82, 2.24) is 10.0 Å². The molecule has 0 spiro atoms. The molecule has 1 aliphatic carbocycles. The van der Waals surface area contributed by atoms with E-state index < -0.39 is 11.0 Å². The van der Waals surface area contributed by atoms with E-state index in [0.29, 0.717) is 17.0 Å². The van der Waals surface area contributed by atoms with E-state index in [1.54, 1.807) is 24.3 Å². The summed E-state index contributed by atoms with van der Waals surface area (Å²) in [6, 6.07) is 15.5. The fourth-order valence-electron chi connectivity index (χ4n) is 3.26. The molecule has 29 heavy (non-hydrogen) atoms. The van der Waals surface area contributed by atoms with Gasteiger partial charge in [0.25, 0.3) is 0 Å². The van der Waals surface area contributed by atoms with E-state index in [4.69, 9.17) is 5.26 Å². The lowest BCUT2D eigenvalue weighted by Crippen LogP contribution is -2.17. The smallest absolute Gasteiger partial charge is 0.125 e. The summed E-state index contributed by atoms with van der Waals surface area (Å²) in [5, 5.41) is 12.1. The largest absolute Gasteiger partial charge is 0.317 e. The van der Waals surface area contributed by atoms with E-state index in [2.05, 4.69) is 48.2 Å². The molecule has 0 heterocycles. The fourth-order valence-corrected chi connectivity index (χ4v) is 4.11. The number of hydrogen-bond donors (Lipinski definition) is 2. The van der Waals surface area contributed by atoms with Crippen LogP contribution >= 0.6 is 0 Å². The average molecular weight is 412 g/mol. The second-order valence-electron chi connectivity index (χ2n) is 7.29. The van der Waals surface area contributed by atoms with Crippen LogP contribution in [0.4, 0.5) is 0 Å². The summed E-state index contributed by atoms with van der Waals surface area (Å²) in [5.74, 6) is 0. The Morgan fingerprint density at radius 2 is 1.62 bits per heavy atom. The first-order valence-electron chi connectivity index (χ1n) is 10.6. The summed E-state index contributed by atoms with van der Waals surface area (Å²) in [5.41, 5.74) is 4.65. The van der Waals surface area contributed by atoms with Crippen molar-refractivity contribution in [2.75, 3.05) is 13.1 Å². The maximum absolute atomic E-state index is 12.2. The molecule has 0 aliphatic heterocycles. The highest BCUT2D eigenvalue weighted by Gasteiger charge is 2.10. The van der Waals surface area contributed by atoms with E-state index in [1.165, 1.54) is 61.9 Å². The number of benzene rings is 2. The molecule has 4 nitrogen and oxygen atoms in total. The van der Waals surface area contributed by atoms with E-state index in [1.807, 2.05) is 0 Å². The molecule has 156 valence electrons. The summed E-state index contributed by atoms with van der Waals surface area (Å²) in [6.45, 7) is 7.30. The molecule has 0 saturated heterocycles. The Kier molecular flexibility index (Phi) is 10.6. The molecule has 2 N–H and O–H groups in total. The van der Waals surface area contributed by atoms with Gasteiger partial charge in [-0.3, -0.25) is 0 Å². The third kappa shape index (κ3) is 8.10. The van der Waals surface area contributed by atoms with Gasteiger partial charge in [0.1, 0.15) is 11.0 Å². The van der Waals surface area contributed by atoms with E-state index >= 15 is 0 Å². The zero-order chi connectivity index (χ0) is 20.9. The first kappa shape index (κ1) is 23.3. The Balaban J connectivity index is 0.000000370. The summed E-state index contributed by atoms with van der Waals surface area (Å²) >= 11 is 0. The lowest BCUT2D eigenvalue weighted by molar-refractivity contribution is 0.662. The number of hydrogen-bond acceptors (Lipinski definition) is 3. The maximum Gasteiger partial charge on any atom is 0.125 e. The second-order valence-corrected chi connectivity index (χ2v) is 8.58. The first-order valence-corrected chi connectivity index (χ1v) is 11.8. The van der Waals surface area contributed by atoms with Crippen LogP contribution < -0.4 is 10.0 Å². The summed E-state index contributed by atoms with van der Waals surface area (Å²) in [6.07, 6.45) is 7.39. The molecule has 0 bridgehead atoms. The van der Waals surface area contributed by atoms with Gasteiger partial charge in [0.05, 0.1) is 16.5 Å². The Labute approximate surface area is 178 Å². The van der Waals surface area contributed by atoms with E-state index in [0.717, 1.165) is 6.42 Å². The predicted molar refractivity (Wildman–Crippen MR) is 121 cm³/mol. The zero-order valence-electron chi connectivity index (χ0n) is 17.7. The van der Waals surface area contributed by atoms with Gasteiger partial charge in [-0.05, 0) is 92.6 Å². The van der Waals surface area contributed by atoms with Gasteiger partial charge >= 0.3 is 0 Å². The summed E-state index contributed by atoms with van der Waals surface area (Å²) in [7, 11) is -1.26. The molecule has 2 aromatic carbocycles. The number of aryl methyl sites for hydroxylation is 2. The van der Waals surface area contributed by atoms with Crippen LogP contribution in [0, 0.1) is 11.3 Å². The summed E-state index contributed by atoms with van der Waals surface area (Å²) in [4.78, 5) is 0.692. The van der Waals surface area contributed by atoms with Crippen LogP contribution in [0.5, 0.6) is 0 Å². The second kappa shape index (κ2) is 13.3. The molecule has 0 saturated carbocycles. The first-order chi connectivity index (χ1) is 14.2. The number of nitrogens with zero attached hydrogens (tertiary/aromatic N) is 1. The predicted octanol–water partition coefficient (Wildman–Crippen LogP) is 4.65. The van der Waals surface area contributed by atoms with Gasteiger partial charge in [-0.2, -0.15) is 5.26 Å². The molecule has 2 aromatic rings. The van der Waals surface area contributed by atoms with Gasteiger partial charge in [-0.15, -0.1) is 0 Å². The number of nitriles is 1. The normalized spacial score (nSPS) is 13.6. The highest BCUT2D eigenvalue weighted by Crippen LogP contribution is 2.22. The van der Waals surface area contributed by atoms with Crippen molar-refractivity contribution in [1.29, 1.82) is 5.26 Å². The van der Waals surface area contributed by atoms with Gasteiger partial charge in [-0.1, -0.05) is 32.0 Å².